The minimum absolute atomic E-state index is 0.339. The fraction of sp³-hybridized carbons (Fsp3) is 0.471. The Balaban J connectivity index is 2.21. The van der Waals surface area contributed by atoms with E-state index in [-0.39, 0.29) is 11.7 Å². The van der Waals surface area contributed by atoms with Gasteiger partial charge in [0.05, 0.1) is 12.1 Å². The highest BCUT2D eigenvalue weighted by Gasteiger charge is 2.95. The highest BCUT2D eigenvalue weighted by molar-refractivity contribution is 8.17. The Morgan fingerprint density at radius 2 is 1.75 bits per heavy atom. The van der Waals surface area contributed by atoms with Crippen molar-refractivity contribution in [2.75, 3.05) is 11.5 Å². The molecule has 1 aliphatic carbocycles. The van der Waals surface area contributed by atoms with E-state index in [4.69, 9.17) is 5.73 Å². The maximum atomic E-state index is 13.3. The van der Waals surface area contributed by atoms with E-state index in [1.807, 2.05) is 13.8 Å². The summed E-state index contributed by atoms with van der Waals surface area (Å²) in [5.41, 5.74) is 4.98. The van der Waals surface area contributed by atoms with Crippen LogP contribution in [0.15, 0.2) is 24.3 Å². The van der Waals surface area contributed by atoms with Crippen molar-refractivity contribution in [2.45, 2.75) is 24.0 Å². The number of benzene rings is 1. The molecule has 3 atom stereocenters. The lowest BCUT2D eigenvalue weighted by Crippen LogP contribution is -2.86. The minimum atomic E-state index is -1.08. The molecule has 1 fully saturated rings. The van der Waals surface area contributed by atoms with E-state index < -0.39 is 15.0 Å². The summed E-state index contributed by atoms with van der Waals surface area (Å²) in [4.78, 5) is 3.26. The van der Waals surface area contributed by atoms with Crippen LogP contribution >= 0.6 is 23.5 Å². The van der Waals surface area contributed by atoms with Crippen molar-refractivity contribution < 1.29 is 9.38 Å². The smallest absolute Gasteiger partial charge is 0.265 e. The highest BCUT2D eigenvalue weighted by atomic mass is 32.2. The monoisotopic (exact) mass is 361 g/mol. The van der Waals surface area contributed by atoms with Gasteiger partial charge >= 0.3 is 0 Å². The molecular weight excluding hydrogens is 343 g/mol. The number of nitrogens with one attached hydrogen (secondary N) is 1. The molecule has 0 saturated heterocycles. The molecule has 0 bridgehead atoms. The summed E-state index contributed by atoms with van der Waals surface area (Å²) < 4.78 is 12.6. The number of nitrogens with two attached hydrogens (primary N) is 1. The Morgan fingerprint density at radius 3 is 2.21 bits per heavy atom. The highest BCUT2D eigenvalue weighted by Crippen LogP contribution is 2.81. The predicted octanol–water partition coefficient (Wildman–Crippen LogP) is 1.55. The molecule has 1 aromatic carbocycles. The number of amidine groups is 1. The first-order chi connectivity index (χ1) is 11.5. The molecule has 24 heavy (non-hydrogen) atoms. The fourth-order valence-corrected chi connectivity index (χ4v) is 7.33. The van der Waals surface area contributed by atoms with Crippen LogP contribution in [0.4, 0.5) is 4.39 Å². The molecule has 1 heterocycles. The van der Waals surface area contributed by atoms with E-state index >= 15 is 0 Å². The van der Waals surface area contributed by atoms with E-state index in [1.54, 1.807) is 35.7 Å². The first-order valence-corrected chi connectivity index (χ1v) is 9.73. The van der Waals surface area contributed by atoms with Gasteiger partial charge in [-0.25, -0.2) is 4.39 Å². The lowest BCUT2D eigenvalue weighted by molar-refractivity contribution is -0.492. The van der Waals surface area contributed by atoms with Crippen molar-refractivity contribution in [1.82, 2.24) is 0 Å². The van der Waals surface area contributed by atoms with Gasteiger partial charge in [0.2, 0.25) is 4.20 Å². The van der Waals surface area contributed by atoms with Gasteiger partial charge in [-0.2, -0.15) is 10.5 Å². The molecule has 1 saturated carbocycles. The Kier molecular flexibility index (Phi) is 4.06. The molecular formula is C17H18FN4S2+. The molecule has 1 aromatic rings. The Hall–Kier alpha value is -1.70. The van der Waals surface area contributed by atoms with Crippen LogP contribution < -0.4 is 10.7 Å². The first kappa shape index (κ1) is 17.1. The third-order valence-corrected chi connectivity index (χ3v) is 7.84. The van der Waals surface area contributed by atoms with Crippen LogP contribution in [0.1, 0.15) is 25.3 Å². The summed E-state index contributed by atoms with van der Waals surface area (Å²) in [5.74, 6) is 1.22. The van der Waals surface area contributed by atoms with Crippen LogP contribution in [0.2, 0.25) is 0 Å². The van der Waals surface area contributed by atoms with Crippen molar-refractivity contribution >= 4 is 29.4 Å². The number of hydrogen-bond donors (Lipinski definition) is 2. The number of fused-ring (bicyclic) bond motifs is 1. The summed E-state index contributed by atoms with van der Waals surface area (Å²) in [5, 5.41) is 20.1. The van der Waals surface area contributed by atoms with Crippen LogP contribution in [0.5, 0.6) is 0 Å². The van der Waals surface area contributed by atoms with Crippen LogP contribution in [0, 0.1) is 39.3 Å². The second-order valence-electron chi connectivity index (χ2n) is 5.85. The molecule has 0 aromatic heterocycles. The van der Waals surface area contributed by atoms with E-state index in [2.05, 4.69) is 17.1 Å². The Bertz CT molecular complexity index is 773. The number of nitrogens with zero attached hydrogens (tertiary/aromatic N) is 2. The van der Waals surface area contributed by atoms with Gasteiger partial charge in [0.1, 0.15) is 5.82 Å². The van der Waals surface area contributed by atoms with Crippen molar-refractivity contribution in [3.05, 3.63) is 35.6 Å². The van der Waals surface area contributed by atoms with Gasteiger partial charge < -0.3 is 0 Å². The van der Waals surface area contributed by atoms with Crippen LogP contribution in [-0.2, 0) is 0 Å². The molecule has 4 nitrogen and oxygen atoms in total. The standard InChI is InChI=1S/C17H17FN4S2/c1-3-23-17(24-4-2)16(10-20)13(11-5-7-12(18)8-6-11)15(16,9-19)14(21)22-17/h5-8,13H,3-4H2,1-2H3,(H2,21,22)/p+1. The first-order valence-electron chi connectivity index (χ1n) is 7.76. The number of nitriles is 2. The maximum absolute atomic E-state index is 13.3. The zero-order valence-corrected chi connectivity index (χ0v) is 15.1. The third-order valence-electron chi connectivity index (χ3n) is 4.90. The zero-order chi connectivity index (χ0) is 17.6. The summed E-state index contributed by atoms with van der Waals surface area (Å²) >= 11 is 3.21. The normalized spacial score (nSPS) is 32.4. The lowest BCUT2D eigenvalue weighted by atomic mass is 9.97. The third kappa shape index (κ3) is 1.77. The van der Waals surface area contributed by atoms with Crippen molar-refractivity contribution in [3.63, 3.8) is 0 Å². The fourth-order valence-electron chi connectivity index (χ4n) is 4.01. The van der Waals surface area contributed by atoms with Crippen molar-refractivity contribution in [1.29, 1.82) is 10.5 Å². The number of rotatable bonds is 5. The number of halogens is 1. The second-order valence-corrected chi connectivity index (χ2v) is 9.06. The van der Waals surface area contributed by atoms with E-state index in [0.717, 1.165) is 17.1 Å². The van der Waals surface area contributed by atoms with E-state index in [1.165, 1.54) is 12.1 Å². The maximum Gasteiger partial charge on any atom is 0.265 e. The van der Waals surface area contributed by atoms with Crippen molar-refractivity contribution in [2.24, 2.45) is 16.6 Å². The largest absolute Gasteiger partial charge is 0.290 e. The second kappa shape index (κ2) is 5.68. The van der Waals surface area contributed by atoms with Crippen LogP contribution in [0.25, 0.3) is 0 Å². The summed E-state index contributed by atoms with van der Waals surface area (Å²) in [6.45, 7) is 4.04. The molecule has 0 radical (unpaired) electrons. The zero-order valence-electron chi connectivity index (χ0n) is 13.5. The summed E-state index contributed by atoms with van der Waals surface area (Å²) in [6.07, 6.45) is 0. The predicted molar refractivity (Wildman–Crippen MR) is 94.4 cm³/mol. The molecule has 0 spiro atoms. The minimum Gasteiger partial charge on any atom is -0.290 e. The lowest BCUT2D eigenvalue weighted by Gasteiger charge is -2.29. The number of hydrogen-bond acceptors (Lipinski definition) is 5. The molecule has 1 aliphatic heterocycles. The molecule has 3 N–H and O–H groups in total. The molecule has 124 valence electrons. The SMILES string of the molecule is CCSC1(SCC)[NH+]=C(N)C2(C#N)C(c3ccc(F)cc3)C12C#N. The average Bonchev–Trinajstić information content (AvgIpc) is 3.15. The Morgan fingerprint density at radius 1 is 1.17 bits per heavy atom. The van der Waals surface area contributed by atoms with Crippen LogP contribution in [-0.4, -0.2) is 21.5 Å². The Labute approximate surface area is 149 Å². The van der Waals surface area contributed by atoms with Crippen molar-refractivity contribution in [3.8, 4) is 12.1 Å². The topological polar surface area (TPSA) is 87.6 Å². The van der Waals surface area contributed by atoms with Gasteiger partial charge in [0, 0.05) is 5.92 Å². The molecule has 2 aliphatic rings. The van der Waals surface area contributed by atoms with E-state index in [9.17, 15) is 14.9 Å². The molecule has 3 rings (SSSR count). The van der Waals surface area contributed by atoms with Gasteiger partial charge in [-0.1, -0.05) is 49.5 Å². The summed E-state index contributed by atoms with van der Waals surface area (Å²) in [6, 6.07) is 10.8. The van der Waals surface area contributed by atoms with Gasteiger partial charge in [-0.05, 0) is 29.2 Å². The van der Waals surface area contributed by atoms with Gasteiger partial charge in [0.15, 0.2) is 10.8 Å². The quantitative estimate of drug-likeness (QED) is 0.777. The van der Waals surface area contributed by atoms with Gasteiger partial charge in [0.25, 0.3) is 5.84 Å². The molecule has 7 heteroatoms. The molecule has 0 amide bonds. The van der Waals surface area contributed by atoms with Gasteiger partial charge in [-0.15, -0.1) is 0 Å². The van der Waals surface area contributed by atoms with Crippen LogP contribution in [0.3, 0.4) is 0 Å². The summed E-state index contributed by atoms with van der Waals surface area (Å²) in [7, 11) is 0. The average molecular weight is 361 g/mol. The van der Waals surface area contributed by atoms with E-state index in [0.29, 0.717) is 5.84 Å². The van der Waals surface area contributed by atoms with Gasteiger partial charge in [-0.3, -0.25) is 10.7 Å². The number of thioether (sulfide) groups is 2. The molecule has 3 unspecified atom stereocenters.